The molecule has 138 valence electrons. The lowest BCUT2D eigenvalue weighted by atomic mass is 10.1. The van der Waals surface area contributed by atoms with Gasteiger partial charge in [0.2, 0.25) is 0 Å². The Kier molecular flexibility index (Phi) is 3.69. The number of aromatic hydroxyl groups is 1. The van der Waals surface area contributed by atoms with E-state index in [0.29, 0.717) is 27.9 Å². The Hall–Kier alpha value is -3.68. The number of phenolic OH excluding ortho intramolecular Hbond substituents is 1. The van der Waals surface area contributed by atoms with Crippen LogP contribution in [0.1, 0.15) is 5.56 Å². The summed E-state index contributed by atoms with van der Waals surface area (Å²) in [6.07, 6.45) is 0. The van der Waals surface area contributed by atoms with Crippen molar-refractivity contribution in [2.75, 3.05) is 20.0 Å². The van der Waals surface area contributed by atoms with Crippen molar-refractivity contribution >= 4 is 27.6 Å². The molecule has 2 aromatic carbocycles. The molecule has 0 bridgehead atoms. The van der Waals surface area contributed by atoms with Gasteiger partial charge in [0.05, 0.1) is 25.4 Å². The van der Waals surface area contributed by atoms with Crippen LogP contribution in [0.25, 0.3) is 27.5 Å². The van der Waals surface area contributed by atoms with Crippen LogP contribution in [-0.2, 0) is 0 Å². The number of nitrogens with one attached hydrogen (secondary N) is 1. The zero-order valence-corrected chi connectivity index (χ0v) is 15.0. The van der Waals surface area contributed by atoms with Gasteiger partial charge in [-0.2, -0.15) is 5.10 Å². The van der Waals surface area contributed by atoms with Crippen molar-refractivity contribution in [1.82, 2.24) is 14.8 Å². The molecule has 2 heterocycles. The van der Waals surface area contributed by atoms with E-state index in [1.54, 1.807) is 19.2 Å². The van der Waals surface area contributed by atoms with Crippen LogP contribution in [0.2, 0.25) is 0 Å². The summed E-state index contributed by atoms with van der Waals surface area (Å²) in [5.41, 5.74) is 8.40. The first-order valence-corrected chi connectivity index (χ1v) is 8.20. The number of aryl methyl sites for hydroxylation is 1. The Labute approximate surface area is 153 Å². The number of aromatic nitrogens is 3. The molecule has 0 saturated carbocycles. The van der Waals surface area contributed by atoms with Crippen molar-refractivity contribution in [1.29, 1.82) is 0 Å². The van der Waals surface area contributed by atoms with Crippen LogP contribution in [0, 0.1) is 6.92 Å². The summed E-state index contributed by atoms with van der Waals surface area (Å²) in [5, 5.41) is 15.5. The number of aromatic amines is 1. The number of nitrogens with zero attached hydrogens (tertiary/aromatic N) is 2. The number of nitrogens with two attached hydrogens (primary N) is 1. The van der Waals surface area contributed by atoms with Gasteiger partial charge in [-0.05, 0) is 24.6 Å². The topological polar surface area (TPSA) is 115 Å². The SMILES string of the molecule is COc1ccc(C)c(-n2nc3c(c2N)c(=O)[nH]c2cc(O)c(OC)cc23)c1. The van der Waals surface area contributed by atoms with Crippen LogP contribution < -0.4 is 20.8 Å². The smallest absolute Gasteiger partial charge is 0.261 e. The number of methoxy groups -OCH3 is 2. The maximum absolute atomic E-state index is 12.6. The number of ether oxygens (including phenoxy) is 2. The van der Waals surface area contributed by atoms with Crippen LogP contribution in [0.3, 0.4) is 0 Å². The Morgan fingerprint density at radius 3 is 2.67 bits per heavy atom. The minimum atomic E-state index is -0.383. The summed E-state index contributed by atoms with van der Waals surface area (Å²) in [6, 6.07) is 8.59. The number of fused-ring (bicyclic) bond motifs is 3. The zero-order chi connectivity index (χ0) is 19.3. The van der Waals surface area contributed by atoms with Crippen LogP contribution in [0.4, 0.5) is 5.82 Å². The van der Waals surface area contributed by atoms with E-state index < -0.39 is 0 Å². The van der Waals surface area contributed by atoms with Gasteiger partial charge < -0.3 is 25.3 Å². The largest absolute Gasteiger partial charge is 0.504 e. The zero-order valence-electron chi connectivity index (χ0n) is 15.0. The lowest BCUT2D eigenvalue weighted by molar-refractivity contribution is 0.374. The van der Waals surface area contributed by atoms with Gasteiger partial charge in [-0.15, -0.1) is 0 Å². The second kappa shape index (κ2) is 5.94. The first-order valence-electron chi connectivity index (χ1n) is 8.20. The van der Waals surface area contributed by atoms with Crippen LogP contribution in [0.15, 0.2) is 35.1 Å². The number of hydrogen-bond acceptors (Lipinski definition) is 6. The van der Waals surface area contributed by atoms with E-state index in [1.807, 2.05) is 19.1 Å². The quantitative estimate of drug-likeness (QED) is 0.513. The number of rotatable bonds is 3. The van der Waals surface area contributed by atoms with Crippen molar-refractivity contribution in [3.63, 3.8) is 0 Å². The molecule has 8 nitrogen and oxygen atoms in total. The summed E-state index contributed by atoms with van der Waals surface area (Å²) in [6.45, 7) is 1.92. The summed E-state index contributed by atoms with van der Waals surface area (Å²) in [4.78, 5) is 15.3. The predicted octanol–water partition coefficient (Wildman–Crippen LogP) is 2.48. The molecule has 0 aliphatic heterocycles. The molecular formula is C19H18N4O4. The molecule has 0 saturated heterocycles. The van der Waals surface area contributed by atoms with Crippen molar-refractivity contribution < 1.29 is 14.6 Å². The van der Waals surface area contributed by atoms with Crippen molar-refractivity contribution in [2.45, 2.75) is 6.92 Å². The maximum Gasteiger partial charge on any atom is 0.261 e. The lowest BCUT2D eigenvalue weighted by Crippen LogP contribution is -2.09. The molecular weight excluding hydrogens is 348 g/mol. The number of hydrogen-bond donors (Lipinski definition) is 3. The molecule has 0 atom stereocenters. The fraction of sp³-hybridized carbons (Fsp3) is 0.158. The molecule has 0 aliphatic rings. The Morgan fingerprint density at radius 2 is 1.96 bits per heavy atom. The summed E-state index contributed by atoms with van der Waals surface area (Å²) in [7, 11) is 3.03. The molecule has 4 aromatic rings. The molecule has 4 rings (SSSR count). The average Bonchev–Trinajstić information content (AvgIpc) is 3.00. The molecule has 4 N–H and O–H groups in total. The highest BCUT2D eigenvalue weighted by molar-refractivity contribution is 6.07. The second-order valence-corrected chi connectivity index (χ2v) is 6.20. The normalized spacial score (nSPS) is 11.2. The van der Waals surface area contributed by atoms with Gasteiger partial charge in [0, 0.05) is 17.5 Å². The number of benzene rings is 2. The van der Waals surface area contributed by atoms with Gasteiger partial charge in [0.25, 0.3) is 5.56 Å². The van der Waals surface area contributed by atoms with Crippen molar-refractivity contribution in [2.24, 2.45) is 0 Å². The van der Waals surface area contributed by atoms with Gasteiger partial charge in [-0.3, -0.25) is 4.79 Å². The molecule has 8 heteroatoms. The minimum absolute atomic E-state index is 0.0731. The number of nitrogen functional groups attached to an aromatic ring is 1. The fourth-order valence-electron chi connectivity index (χ4n) is 3.19. The third-order valence-electron chi connectivity index (χ3n) is 4.62. The van der Waals surface area contributed by atoms with E-state index >= 15 is 0 Å². The molecule has 0 aliphatic carbocycles. The number of phenols is 1. The minimum Gasteiger partial charge on any atom is -0.504 e. The van der Waals surface area contributed by atoms with Crippen molar-refractivity contribution in [3.8, 4) is 22.9 Å². The number of H-pyrrole nitrogens is 1. The second-order valence-electron chi connectivity index (χ2n) is 6.20. The maximum atomic E-state index is 12.6. The Balaban J connectivity index is 2.11. The number of anilines is 1. The van der Waals surface area contributed by atoms with Gasteiger partial charge >= 0.3 is 0 Å². The fourth-order valence-corrected chi connectivity index (χ4v) is 3.19. The molecule has 27 heavy (non-hydrogen) atoms. The summed E-state index contributed by atoms with van der Waals surface area (Å²) >= 11 is 0. The van der Waals surface area contributed by atoms with E-state index in [2.05, 4.69) is 10.1 Å². The molecule has 2 aromatic heterocycles. The van der Waals surface area contributed by atoms with Crippen molar-refractivity contribution in [3.05, 3.63) is 46.2 Å². The standard InChI is InChI=1S/C19H18N4O4/c1-9-4-5-10(26-2)6-13(9)23-18(20)16-17(22-23)11-7-15(27-3)14(24)8-12(11)21-19(16)25/h4-8,24H,20H2,1-3H3,(H,21,25). The molecule has 0 spiro atoms. The monoisotopic (exact) mass is 366 g/mol. The average molecular weight is 366 g/mol. The van der Waals surface area contributed by atoms with Crippen LogP contribution >= 0.6 is 0 Å². The van der Waals surface area contributed by atoms with E-state index in [4.69, 9.17) is 15.2 Å². The van der Waals surface area contributed by atoms with E-state index in [0.717, 1.165) is 5.56 Å². The third kappa shape index (κ3) is 2.45. The highest BCUT2D eigenvalue weighted by Gasteiger charge is 2.19. The van der Waals surface area contributed by atoms with Gasteiger partial charge in [-0.25, -0.2) is 4.68 Å². The van der Waals surface area contributed by atoms with E-state index in [-0.39, 0.29) is 28.3 Å². The molecule has 0 radical (unpaired) electrons. The Morgan fingerprint density at radius 1 is 1.19 bits per heavy atom. The van der Waals surface area contributed by atoms with Crippen LogP contribution in [-0.4, -0.2) is 34.1 Å². The van der Waals surface area contributed by atoms with E-state index in [9.17, 15) is 9.90 Å². The van der Waals surface area contributed by atoms with Gasteiger partial charge in [-0.1, -0.05) is 6.07 Å². The molecule has 0 amide bonds. The predicted molar refractivity (Wildman–Crippen MR) is 103 cm³/mol. The first kappa shape index (κ1) is 16.8. The van der Waals surface area contributed by atoms with Gasteiger partial charge in [0.1, 0.15) is 22.5 Å². The van der Waals surface area contributed by atoms with Gasteiger partial charge in [0.15, 0.2) is 11.5 Å². The first-order chi connectivity index (χ1) is 12.9. The molecule has 0 fully saturated rings. The Bertz CT molecular complexity index is 1260. The highest BCUT2D eigenvalue weighted by atomic mass is 16.5. The lowest BCUT2D eigenvalue weighted by Gasteiger charge is -2.09. The highest BCUT2D eigenvalue weighted by Crippen LogP contribution is 2.34. The number of pyridine rings is 1. The van der Waals surface area contributed by atoms with Crippen LogP contribution in [0.5, 0.6) is 17.2 Å². The summed E-state index contributed by atoms with van der Waals surface area (Å²) in [5.74, 6) is 1.08. The summed E-state index contributed by atoms with van der Waals surface area (Å²) < 4.78 is 12.0. The molecule has 0 unspecified atom stereocenters. The third-order valence-corrected chi connectivity index (χ3v) is 4.62. The van der Waals surface area contributed by atoms with E-state index in [1.165, 1.54) is 17.9 Å².